The van der Waals surface area contributed by atoms with Crippen LogP contribution in [0.5, 0.6) is 0 Å². The van der Waals surface area contributed by atoms with Crippen molar-refractivity contribution in [2.75, 3.05) is 6.54 Å². The Bertz CT molecular complexity index is 544. The lowest BCUT2D eigenvalue weighted by Gasteiger charge is -2.19. The Kier molecular flexibility index (Phi) is 5.17. The molecule has 18 heavy (non-hydrogen) atoms. The highest BCUT2D eigenvalue weighted by atomic mass is 127. The van der Waals surface area contributed by atoms with Gasteiger partial charge in [0.25, 0.3) is 0 Å². The molecule has 1 heterocycles. The number of hydrogen-bond acceptors (Lipinski definition) is 2. The summed E-state index contributed by atoms with van der Waals surface area (Å²) in [5.41, 5.74) is 2.31. The molecule has 2 aromatic rings. The Hall–Kier alpha value is 0.0200. The van der Waals surface area contributed by atoms with E-state index in [0.29, 0.717) is 0 Å². The second-order valence-corrected chi connectivity index (χ2v) is 6.59. The first-order valence-corrected chi connectivity index (χ1v) is 8.34. The lowest BCUT2D eigenvalue weighted by atomic mass is 10.0. The summed E-state index contributed by atoms with van der Waals surface area (Å²) in [7, 11) is 0. The van der Waals surface area contributed by atoms with E-state index in [0.717, 1.165) is 20.2 Å². The molecule has 1 unspecified atom stereocenters. The maximum Gasteiger partial charge on any atom is 0.124 e. The van der Waals surface area contributed by atoms with Crippen molar-refractivity contribution in [3.8, 4) is 0 Å². The topological polar surface area (TPSA) is 12.0 Å². The van der Waals surface area contributed by atoms with E-state index in [-0.39, 0.29) is 11.9 Å². The predicted octanol–water partition coefficient (Wildman–Crippen LogP) is 4.95. The van der Waals surface area contributed by atoms with Crippen LogP contribution in [0, 0.1) is 9.39 Å². The molecule has 0 aliphatic heterocycles. The minimum Gasteiger partial charge on any atom is -0.306 e. The first kappa shape index (κ1) is 14.4. The van der Waals surface area contributed by atoms with Crippen LogP contribution in [0.15, 0.2) is 33.4 Å². The van der Waals surface area contributed by atoms with E-state index in [4.69, 9.17) is 0 Å². The van der Waals surface area contributed by atoms with Crippen LogP contribution in [-0.4, -0.2) is 6.54 Å². The van der Waals surface area contributed by atoms with E-state index in [1.165, 1.54) is 11.6 Å². The van der Waals surface area contributed by atoms with Crippen LogP contribution in [0.25, 0.3) is 0 Å². The molecule has 1 aromatic carbocycles. The van der Waals surface area contributed by atoms with Gasteiger partial charge in [-0.2, -0.15) is 11.3 Å². The molecule has 2 rings (SSSR count). The second-order valence-electron chi connectivity index (χ2n) is 3.83. The highest BCUT2D eigenvalue weighted by Gasteiger charge is 2.19. The van der Waals surface area contributed by atoms with Crippen molar-refractivity contribution in [2.24, 2.45) is 0 Å². The molecular weight excluding hydrogens is 428 g/mol. The van der Waals surface area contributed by atoms with Gasteiger partial charge in [0.2, 0.25) is 0 Å². The maximum atomic E-state index is 13.2. The number of benzene rings is 1. The molecule has 0 bridgehead atoms. The van der Waals surface area contributed by atoms with Crippen LogP contribution in [0.1, 0.15) is 24.1 Å². The number of thiophene rings is 1. The van der Waals surface area contributed by atoms with Crippen molar-refractivity contribution >= 4 is 49.9 Å². The third-order valence-corrected chi connectivity index (χ3v) is 5.32. The van der Waals surface area contributed by atoms with Crippen LogP contribution >= 0.6 is 49.9 Å². The average Bonchev–Trinajstić information content (AvgIpc) is 2.73. The van der Waals surface area contributed by atoms with Crippen molar-refractivity contribution < 1.29 is 4.39 Å². The minimum absolute atomic E-state index is 0.100. The van der Waals surface area contributed by atoms with Crippen LogP contribution < -0.4 is 5.32 Å². The highest BCUT2D eigenvalue weighted by Crippen LogP contribution is 2.33. The van der Waals surface area contributed by atoms with Gasteiger partial charge in [-0.15, -0.1) is 0 Å². The van der Waals surface area contributed by atoms with Gasteiger partial charge >= 0.3 is 0 Å². The van der Waals surface area contributed by atoms with Crippen molar-refractivity contribution in [3.05, 3.63) is 53.9 Å². The van der Waals surface area contributed by atoms with E-state index in [1.54, 1.807) is 17.4 Å². The van der Waals surface area contributed by atoms with Gasteiger partial charge in [0.15, 0.2) is 0 Å². The Morgan fingerprint density at radius 3 is 2.72 bits per heavy atom. The van der Waals surface area contributed by atoms with Gasteiger partial charge in [-0.3, -0.25) is 0 Å². The van der Waals surface area contributed by atoms with E-state index >= 15 is 0 Å². The molecule has 0 amide bonds. The molecule has 0 radical (unpaired) electrons. The molecular formula is C13H12BrFINS. The summed E-state index contributed by atoms with van der Waals surface area (Å²) in [6.45, 7) is 2.93. The fourth-order valence-corrected chi connectivity index (χ4v) is 4.17. The third kappa shape index (κ3) is 3.12. The van der Waals surface area contributed by atoms with Gasteiger partial charge < -0.3 is 5.32 Å². The summed E-state index contributed by atoms with van der Waals surface area (Å²) in [5, 5.41) is 7.64. The lowest BCUT2D eigenvalue weighted by molar-refractivity contribution is 0.610. The van der Waals surface area contributed by atoms with Crippen LogP contribution in [0.3, 0.4) is 0 Å². The number of nitrogens with one attached hydrogen (secondary N) is 1. The van der Waals surface area contributed by atoms with Gasteiger partial charge in [0.05, 0.1) is 6.04 Å². The molecule has 1 aromatic heterocycles. The number of halogens is 3. The smallest absolute Gasteiger partial charge is 0.124 e. The molecule has 0 saturated heterocycles. The normalized spacial score (nSPS) is 12.7. The number of rotatable bonds is 4. The zero-order chi connectivity index (χ0) is 13.1. The summed E-state index contributed by atoms with van der Waals surface area (Å²) >= 11 is 7.41. The molecule has 0 fully saturated rings. The Balaban J connectivity index is 2.45. The Morgan fingerprint density at radius 2 is 2.17 bits per heavy atom. The lowest BCUT2D eigenvalue weighted by Crippen LogP contribution is -2.22. The maximum absolute atomic E-state index is 13.2. The van der Waals surface area contributed by atoms with Gasteiger partial charge in [0.1, 0.15) is 5.82 Å². The molecule has 96 valence electrons. The van der Waals surface area contributed by atoms with Gasteiger partial charge in [-0.25, -0.2) is 4.39 Å². The zero-order valence-electron chi connectivity index (χ0n) is 9.71. The monoisotopic (exact) mass is 439 g/mol. The molecule has 0 aliphatic carbocycles. The summed E-state index contributed by atoms with van der Waals surface area (Å²) in [6, 6.07) is 5.04. The average molecular weight is 440 g/mol. The largest absolute Gasteiger partial charge is 0.306 e. The van der Waals surface area contributed by atoms with Crippen LogP contribution in [-0.2, 0) is 0 Å². The molecule has 5 heteroatoms. The van der Waals surface area contributed by atoms with Crippen LogP contribution in [0.4, 0.5) is 4.39 Å². The minimum atomic E-state index is -0.192. The van der Waals surface area contributed by atoms with Gasteiger partial charge in [0, 0.05) is 13.4 Å². The van der Waals surface area contributed by atoms with Gasteiger partial charge in [-0.05, 0) is 73.7 Å². The van der Waals surface area contributed by atoms with Crippen molar-refractivity contribution in [1.29, 1.82) is 0 Å². The first-order chi connectivity index (χ1) is 8.63. The third-order valence-electron chi connectivity index (χ3n) is 2.64. The molecule has 1 atom stereocenters. The summed E-state index contributed by atoms with van der Waals surface area (Å²) in [4.78, 5) is 0. The summed E-state index contributed by atoms with van der Waals surface area (Å²) in [5.74, 6) is -0.192. The summed E-state index contributed by atoms with van der Waals surface area (Å²) < 4.78 is 15.2. The zero-order valence-corrected chi connectivity index (χ0v) is 14.3. The van der Waals surface area contributed by atoms with Crippen molar-refractivity contribution in [3.63, 3.8) is 0 Å². The predicted molar refractivity (Wildman–Crippen MR) is 86.7 cm³/mol. The fourth-order valence-electron chi connectivity index (χ4n) is 1.82. The second kappa shape index (κ2) is 6.45. The quantitative estimate of drug-likeness (QED) is 0.664. The Labute approximate surface area is 132 Å². The van der Waals surface area contributed by atoms with E-state index in [2.05, 4.69) is 61.5 Å². The fraction of sp³-hybridized carbons (Fsp3) is 0.231. The molecule has 0 spiro atoms. The van der Waals surface area contributed by atoms with Crippen LogP contribution in [0.2, 0.25) is 0 Å². The van der Waals surface area contributed by atoms with Crippen molar-refractivity contribution in [1.82, 2.24) is 5.32 Å². The van der Waals surface area contributed by atoms with E-state index in [1.807, 2.05) is 6.07 Å². The van der Waals surface area contributed by atoms with Gasteiger partial charge in [-0.1, -0.05) is 13.0 Å². The van der Waals surface area contributed by atoms with E-state index < -0.39 is 0 Å². The highest BCUT2D eigenvalue weighted by molar-refractivity contribution is 14.1. The standard InChI is InChI=1S/C13H12BrFINS/c1-2-17-13(10-6-18-7-11(10)14)9-4-3-8(15)5-12(9)16/h3-7,13,17H,2H2,1H3. The molecule has 1 nitrogen and oxygen atoms in total. The summed E-state index contributed by atoms with van der Waals surface area (Å²) in [6.07, 6.45) is 0. The van der Waals surface area contributed by atoms with E-state index in [9.17, 15) is 4.39 Å². The van der Waals surface area contributed by atoms with Crippen molar-refractivity contribution in [2.45, 2.75) is 13.0 Å². The Morgan fingerprint density at radius 1 is 1.39 bits per heavy atom. The SMILES string of the molecule is CCNC(c1cscc1Br)c1ccc(F)cc1I. The number of hydrogen-bond donors (Lipinski definition) is 1. The molecule has 0 aliphatic rings. The molecule has 1 N–H and O–H groups in total. The molecule has 0 saturated carbocycles. The first-order valence-electron chi connectivity index (χ1n) is 5.53.